The van der Waals surface area contributed by atoms with E-state index in [1.54, 1.807) is 0 Å². The molecule has 1 fully saturated rings. The fraction of sp³-hybridized carbons (Fsp3) is 0.533. The number of rotatable bonds is 4. The molecule has 1 aromatic rings. The van der Waals surface area contributed by atoms with E-state index >= 15 is 0 Å². The van der Waals surface area contributed by atoms with Crippen LogP contribution in [0.3, 0.4) is 0 Å². The van der Waals surface area contributed by atoms with Gasteiger partial charge in [-0.1, -0.05) is 18.6 Å². The third kappa shape index (κ3) is 4.88. The smallest absolute Gasteiger partial charge is 0.224 e. The molecule has 0 radical (unpaired) electrons. The first kappa shape index (κ1) is 14.4. The van der Waals surface area contributed by atoms with Crippen molar-refractivity contribution in [3.63, 3.8) is 0 Å². The van der Waals surface area contributed by atoms with Crippen LogP contribution >= 0.6 is 12.6 Å². The number of amides is 1. The van der Waals surface area contributed by atoms with E-state index in [0.29, 0.717) is 18.9 Å². The molecule has 0 bridgehead atoms. The number of carbonyl (C=O) groups is 1. The standard InChI is InChI=1S/C15H21NO2S/c17-13-3-1-2-12(8-13)10-16-15(18)9-11-4-6-14(19)7-5-11/h4-7,12-13,17,19H,1-3,8-10H2,(H,16,18). The van der Waals surface area contributed by atoms with Crippen molar-refractivity contribution in [3.05, 3.63) is 29.8 Å². The van der Waals surface area contributed by atoms with E-state index in [2.05, 4.69) is 17.9 Å². The highest BCUT2D eigenvalue weighted by molar-refractivity contribution is 7.80. The molecule has 19 heavy (non-hydrogen) atoms. The van der Waals surface area contributed by atoms with Crippen molar-refractivity contribution in [1.29, 1.82) is 0 Å². The maximum atomic E-state index is 11.8. The Bertz CT molecular complexity index is 419. The number of hydrogen-bond donors (Lipinski definition) is 3. The van der Waals surface area contributed by atoms with Crippen LogP contribution in [0.2, 0.25) is 0 Å². The number of carbonyl (C=O) groups excluding carboxylic acids is 1. The molecule has 3 nitrogen and oxygen atoms in total. The molecular formula is C15H21NO2S. The summed E-state index contributed by atoms with van der Waals surface area (Å²) in [5.41, 5.74) is 0.999. The molecule has 1 aliphatic rings. The minimum absolute atomic E-state index is 0.0481. The molecule has 0 heterocycles. The summed E-state index contributed by atoms with van der Waals surface area (Å²) in [6.07, 6.45) is 4.11. The van der Waals surface area contributed by atoms with Gasteiger partial charge in [0.15, 0.2) is 0 Å². The summed E-state index contributed by atoms with van der Waals surface area (Å²) in [6, 6.07) is 7.63. The molecule has 2 rings (SSSR count). The van der Waals surface area contributed by atoms with Crippen molar-refractivity contribution in [1.82, 2.24) is 5.32 Å². The van der Waals surface area contributed by atoms with Gasteiger partial charge in [0, 0.05) is 11.4 Å². The van der Waals surface area contributed by atoms with Crippen molar-refractivity contribution in [2.75, 3.05) is 6.54 Å². The zero-order valence-electron chi connectivity index (χ0n) is 11.0. The molecule has 0 spiro atoms. The lowest BCUT2D eigenvalue weighted by molar-refractivity contribution is -0.120. The Morgan fingerprint density at radius 3 is 2.74 bits per heavy atom. The molecule has 1 aliphatic carbocycles. The van der Waals surface area contributed by atoms with Gasteiger partial charge in [-0.2, -0.15) is 0 Å². The minimum Gasteiger partial charge on any atom is -0.393 e. The Hall–Kier alpha value is -1.00. The topological polar surface area (TPSA) is 49.3 Å². The summed E-state index contributed by atoms with van der Waals surface area (Å²) in [5.74, 6) is 0.472. The number of thiol groups is 1. The lowest BCUT2D eigenvalue weighted by Gasteiger charge is -2.25. The highest BCUT2D eigenvalue weighted by atomic mass is 32.1. The zero-order valence-corrected chi connectivity index (χ0v) is 11.9. The maximum Gasteiger partial charge on any atom is 0.224 e. The van der Waals surface area contributed by atoms with Crippen LogP contribution in [0.4, 0.5) is 0 Å². The number of aliphatic hydroxyl groups is 1. The van der Waals surface area contributed by atoms with Gasteiger partial charge in [-0.25, -0.2) is 0 Å². The third-order valence-corrected chi connectivity index (χ3v) is 3.94. The van der Waals surface area contributed by atoms with Crippen LogP contribution < -0.4 is 5.32 Å². The summed E-state index contributed by atoms with van der Waals surface area (Å²) in [6.45, 7) is 0.681. The maximum absolute atomic E-state index is 11.8. The summed E-state index contributed by atoms with van der Waals surface area (Å²) < 4.78 is 0. The molecule has 2 unspecified atom stereocenters. The third-order valence-electron chi connectivity index (χ3n) is 3.64. The van der Waals surface area contributed by atoms with Gasteiger partial charge in [0.1, 0.15) is 0 Å². The first-order valence-corrected chi connectivity index (χ1v) is 7.31. The molecule has 4 heteroatoms. The van der Waals surface area contributed by atoms with Crippen molar-refractivity contribution in [2.24, 2.45) is 5.92 Å². The number of aliphatic hydroxyl groups excluding tert-OH is 1. The molecular weight excluding hydrogens is 258 g/mol. The molecule has 1 saturated carbocycles. The van der Waals surface area contributed by atoms with E-state index in [4.69, 9.17) is 0 Å². The van der Waals surface area contributed by atoms with Crippen molar-refractivity contribution >= 4 is 18.5 Å². The largest absolute Gasteiger partial charge is 0.393 e. The molecule has 2 N–H and O–H groups in total. The zero-order chi connectivity index (χ0) is 13.7. The SMILES string of the molecule is O=C(Cc1ccc(S)cc1)NCC1CCCC(O)C1. The predicted molar refractivity (Wildman–Crippen MR) is 78.4 cm³/mol. The molecule has 0 saturated heterocycles. The van der Waals surface area contributed by atoms with Gasteiger partial charge >= 0.3 is 0 Å². The second-order valence-corrected chi connectivity index (χ2v) is 5.85. The average molecular weight is 279 g/mol. The summed E-state index contributed by atoms with van der Waals surface area (Å²) in [4.78, 5) is 12.7. The van der Waals surface area contributed by atoms with Gasteiger partial charge in [0.25, 0.3) is 0 Å². The Morgan fingerprint density at radius 1 is 1.32 bits per heavy atom. The van der Waals surface area contributed by atoms with Crippen LogP contribution in [0.1, 0.15) is 31.2 Å². The van der Waals surface area contributed by atoms with E-state index in [0.717, 1.165) is 36.1 Å². The first-order valence-electron chi connectivity index (χ1n) is 6.86. The summed E-state index contributed by atoms with van der Waals surface area (Å²) in [7, 11) is 0. The predicted octanol–water partition coefficient (Wildman–Crippen LogP) is 2.19. The molecule has 2 atom stereocenters. The quantitative estimate of drug-likeness (QED) is 0.740. The van der Waals surface area contributed by atoms with Crippen molar-refractivity contribution < 1.29 is 9.90 Å². The summed E-state index contributed by atoms with van der Waals surface area (Å²) in [5, 5.41) is 12.6. The average Bonchev–Trinajstić information content (AvgIpc) is 2.39. The lowest BCUT2D eigenvalue weighted by Crippen LogP contribution is -2.33. The van der Waals surface area contributed by atoms with Crippen LogP contribution in [-0.4, -0.2) is 23.7 Å². The van der Waals surface area contributed by atoms with Gasteiger partial charge in [-0.15, -0.1) is 12.6 Å². The fourth-order valence-electron chi connectivity index (χ4n) is 2.57. The van der Waals surface area contributed by atoms with Crippen molar-refractivity contribution in [3.8, 4) is 0 Å². The van der Waals surface area contributed by atoms with Gasteiger partial charge < -0.3 is 10.4 Å². The van der Waals surface area contributed by atoms with Crippen LogP contribution in [0.15, 0.2) is 29.2 Å². The molecule has 1 amide bonds. The molecule has 0 aliphatic heterocycles. The van der Waals surface area contributed by atoms with E-state index in [-0.39, 0.29) is 12.0 Å². The number of nitrogens with one attached hydrogen (secondary N) is 1. The van der Waals surface area contributed by atoms with Crippen LogP contribution in [-0.2, 0) is 11.2 Å². The molecule has 1 aromatic carbocycles. The highest BCUT2D eigenvalue weighted by Crippen LogP contribution is 2.23. The van der Waals surface area contributed by atoms with Gasteiger partial charge in [-0.3, -0.25) is 4.79 Å². The van der Waals surface area contributed by atoms with E-state index < -0.39 is 0 Å². The second kappa shape index (κ2) is 6.96. The highest BCUT2D eigenvalue weighted by Gasteiger charge is 2.20. The van der Waals surface area contributed by atoms with Gasteiger partial charge in [-0.05, 0) is 42.9 Å². The Kier molecular flexibility index (Phi) is 5.28. The first-order chi connectivity index (χ1) is 9.13. The van der Waals surface area contributed by atoms with Crippen LogP contribution in [0.25, 0.3) is 0 Å². The van der Waals surface area contributed by atoms with Gasteiger partial charge in [0.05, 0.1) is 12.5 Å². The number of hydrogen-bond acceptors (Lipinski definition) is 3. The Morgan fingerprint density at radius 2 is 2.05 bits per heavy atom. The normalized spacial score (nSPS) is 23.1. The second-order valence-electron chi connectivity index (χ2n) is 5.33. The van der Waals surface area contributed by atoms with E-state index in [1.807, 2.05) is 24.3 Å². The van der Waals surface area contributed by atoms with E-state index in [9.17, 15) is 9.90 Å². The summed E-state index contributed by atoms with van der Waals surface area (Å²) >= 11 is 4.22. The monoisotopic (exact) mass is 279 g/mol. The minimum atomic E-state index is -0.182. The Labute approximate surface area is 119 Å². The number of benzene rings is 1. The fourth-order valence-corrected chi connectivity index (χ4v) is 2.72. The van der Waals surface area contributed by atoms with Gasteiger partial charge in [0.2, 0.25) is 5.91 Å². The lowest BCUT2D eigenvalue weighted by atomic mass is 9.87. The Balaban J connectivity index is 1.73. The molecule has 104 valence electrons. The van der Waals surface area contributed by atoms with Crippen LogP contribution in [0, 0.1) is 5.92 Å². The molecule has 0 aromatic heterocycles. The van der Waals surface area contributed by atoms with E-state index in [1.165, 1.54) is 0 Å². The van der Waals surface area contributed by atoms with Crippen molar-refractivity contribution in [2.45, 2.75) is 43.1 Å². The van der Waals surface area contributed by atoms with Crippen LogP contribution in [0.5, 0.6) is 0 Å².